The second kappa shape index (κ2) is 10.3. The molecule has 0 unspecified atom stereocenters. The minimum Gasteiger partial charge on any atom is -0.494 e. The number of carbonyl (C=O) groups excluding carboxylic acids is 2. The number of benzene rings is 1. The van der Waals surface area contributed by atoms with Crippen molar-refractivity contribution in [2.75, 3.05) is 18.9 Å². The van der Waals surface area contributed by atoms with Gasteiger partial charge in [0.15, 0.2) is 12.4 Å². The maximum atomic E-state index is 12.2. The first-order valence-corrected chi connectivity index (χ1v) is 10.4. The van der Waals surface area contributed by atoms with Crippen LogP contribution in [0.2, 0.25) is 5.02 Å². The molecule has 0 atom stereocenters. The number of anilines is 1. The predicted octanol–water partition coefficient (Wildman–Crippen LogP) is 4.15. The van der Waals surface area contributed by atoms with Crippen LogP contribution in [0.3, 0.4) is 0 Å². The fourth-order valence-electron chi connectivity index (χ4n) is 3.03. The van der Waals surface area contributed by atoms with Gasteiger partial charge in [-0.15, -0.1) is 0 Å². The lowest BCUT2D eigenvalue weighted by Crippen LogP contribution is -2.10. The van der Waals surface area contributed by atoms with Crippen molar-refractivity contribution < 1.29 is 28.2 Å². The molecule has 0 radical (unpaired) electrons. The summed E-state index contributed by atoms with van der Waals surface area (Å²) >= 11 is 5.98. The summed E-state index contributed by atoms with van der Waals surface area (Å²) in [6, 6.07) is 5.37. The summed E-state index contributed by atoms with van der Waals surface area (Å²) in [6.45, 7) is 5.59. The molecule has 0 aliphatic rings. The highest BCUT2D eigenvalue weighted by Crippen LogP contribution is 2.29. The molecule has 2 aromatic heterocycles. The van der Waals surface area contributed by atoms with Crippen LogP contribution in [0.1, 0.15) is 47.3 Å². The summed E-state index contributed by atoms with van der Waals surface area (Å²) in [5.74, 6) is 0.242. The van der Waals surface area contributed by atoms with Crippen LogP contribution in [-0.2, 0) is 20.9 Å². The van der Waals surface area contributed by atoms with Crippen molar-refractivity contribution >= 4 is 40.5 Å². The third kappa shape index (κ3) is 5.47. The number of furan rings is 1. The van der Waals surface area contributed by atoms with Gasteiger partial charge in [0.1, 0.15) is 22.9 Å². The molecule has 0 fully saturated rings. The normalized spacial score (nSPS) is 10.9. The van der Waals surface area contributed by atoms with Crippen molar-refractivity contribution in [3.63, 3.8) is 0 Å². The van der Waals surface area contributed by atoms with Gasteiger partial charge in [0.05, 0.1) is 18.6 Å². The zero-order valence-corrected chi connectivity index (χ0v) is 18.8. The number of esters is 2. The monoisotopic (exact) mass is 461 g/mol. The van der Waals surface area contributed by atoms with Gasteiger partial charge in [-0.05, 0) is 51.0 Å². The molecule has 0 saturated heterocycles. The van der Waals surface area contributed by atoms with E-state index in [0.29, 0.717) is 29.6 Å². The van der Waals surface area contributed by atoms with Gasteiger partial charge in [-0.2, -0.15) is 4.98 Å². The molecule has 10 heteroatoms. The fraction of sp³-hybridized carbons (Fsp3) is 0.364. The molecule has 32 heavy (non-hydrogen) atoms. The van der Waals surface area contributed by atoms with Crippen LogP contribution in [0.25, 0.3) is 11.1 Å². The standard InChI is InChI=1S/C22H24ClN3O6/c1-4-29-22(28)18-13(3)32-21-19(18)20(24)25-16(26-21)11-31-17(27)6-5-9-30-14-7-8-15(23)12(2)10-14/h7-8,10H,4-6,9,11H2,1-3H3,(H2,24,25,26). The molecular weight excluding hydrogens is 438 g/mol. The Labute approximate surface area is 189 Å². The lowest BCUT2D eigenvalue weighted by Gasteiger charge is -2.08. The molecule has 0 aliphatic carbocycles. The molecule has 2 N–H and O–H groups in total. The van der Waals surface area contributed by atoms with Crippen LogP contribution in [0.4, 0.5) is 5.82 Å². The molecule has 2 heterocycles. The maximum absolute atomic E-state index is 12.2. The zero-order chi connectivity index (χ0) is 23.3. The van der Waals surface area contributed by atoms with Crippen molar-refractivity contribution in [1.29, 1.82) is 0 Å². The average Bonchev–Trinajstić information content (AvgIpc) is 3.08. The highest BCUT2D eigenvalue weighted by Gasteiger charge is 2.24. The summed E-state index contributed by atoms with van der Waals surface area (Å²) in [4.78, 5) is 32.5. The van der Waals surface area contributed by atoms with Gasteiger partial charge < -0.3 is 24.4 Å². The smallest absolute Gasteiger partial charge is 0.342 e. The van der Waals surface area contributed by atoms with Crippen molar-refractivity contribution in [1.82, 2.24) is 9.97 Å². The number of hydrogen-bond acceptors (Lipinski definition) is 9. The number of halogens is 1. The maximum Gasteiger partial charge on any atom is 0.342 e. The third-order valence-corrected chi connectivity index (χ3v) is 4.99. The lowest BCUT2D eigenvalue weighted by atomic mass is 10.2. The number of fused-ring (bicyclic) bond motifs is 1. The molecule has 1 aromatic carbocycles. The molecule has 0 bridgehead atoms. The minimum atomic E-state index is -0.561. The number of aryl methyl sites for hydroxylation is 2. The van der Waals surface area contributed by atoms with E-state index in [4.69, 9.17) is 36.0 Å². The Morgan fingerprint density at radius 1 is 1.19 bits per heavy atom. The fourth-order valence-corrected chi connectivity index (χ4v) is 3.15. The molecule has 0 amide bonds. The van der Waals surface area contributed by atoms with Crippen molar-refractivity contribution in [3.05, 3.63) is 45.9 Å². The van der Waals surface area contributed by atoms with E-state index >= 15 is 0 Å². The van der Waals surface area contributed by atoms with Crippen LogP contribution < -0.4 is 10.5 Å². The number of nitrogens with two attached hydrogens (primary N) is 1. The highest BCUT2D eigenvalue weighted by molar-refractivity contribution is 6.31. The molecule has 0 spiro atoms. The largest absolute Gasteiger partial charge is 0.494 e. The summed E-state index contributed by atoms with van der Waals surface area (Å²) < 4.78 is 21.4. The second-order valence-corrected chi connectivity index (χ2v) is 7.39. The molecule has 0 saturated carbocycles. The van der Waals surface area contributed by atoms with Gasteiger partial charge in [0.25, 0.3) is 0 Å². The van der Waals surface area contributed by atoms with Gasteiger partial charge >= 0.3 is 11.9 Å². The first-order valence-electron chi connectivity index (χ1n) is 10.1. The van der Waals surface area contributed by atoms with E-state index in [1.54, 1.807) is 26.0 Å². The third-order valence-electron chi connectivity index (χ3n) is 4.57. The van der Waals surface area contributed by atoms with Gasteiger partial charge in [-0.25, -0.2) is 9.78 Å². The van der Waals surface area contributed by atoms with Crippen molar-refractivity contribution in [3.8, 4) is 5.75 Å². The number of nitrogens with zero attached hydrogens (tertiary/aromatic N) is 2. The van der Waals surface area contributed by atoms with E-state index in [0.717, 1.165) is 5.56 Å². The van der Waals surface area contributed by atoms with E-state index in [2.05, 4.69) is 9.97 Å². The van der Waals surface area contributed by atoms with Crippen LogP contribution in [-0.4, -0.2) is 35.1 Å². The summed E-state index contributed by atoms with van der Waals surface area (Å²) in [7, 11) is 0. The number of hydrogen-bond donors (Lipinski definition) is 1. The van der Waals surface area contributed by atoms with E-state index in [9.17, 15) is 9.59 Å². The van der Waals surface area contributed by atoms with Gasteiger partial charge in [-0.1, -0.05) is 11.6 Å². The number of carbonyl (C=O) groups is 2. The Hall–Kier alpha value is -3.33. The average molecular weight is 462 g/mol. The quantitative estimate of drug-likeness (QED) is 0.369. The highest BCUT2D eigenvalue weighted by atomic mass is 35.5. The molecule has 0 aliphatic heterocycles. The Kier molecular flexibility index (Phi) is 7.53. The Bertz CT molecular complexity index is 1140. The Morgan fingerprint density at radius 2 is 1.97 bits per heavy atom. The van der Waals surface area contributed by atoms with Crippen molar-refractivity contribution in [2.45, 2.75) is 40.2 Å². The summed E-state index contributed by atoms with van der Waals surface area (Å²) in [5.41, 5.74) is 7.25. The van der Waals surface area contributed by atoms with Crippen molar-refractivity contribution in [2.24, 2.45) is 0 Å². The molecule has 3 rings (SSSR count). The lowest BCUT2D eigenvalue weighted by molar-refractivity contribution is -0.145. The van der Waals surface area contributed by atoms with Crippen LogP contribution >= 0.6 is 11.6 Å². The van der Waals surface area contributed by atoms with E-state index in [1.165, 1.54) is 0 Å². The number of rotatable bonds is 9. The molecular formula is C22H24ClN3O6. The van der Waals surface area contributed by atoms with Crippen LogP contribution in [0, 0.1) is 13.8 Å². The Morgan fingerprint density at radius 3 is 2.69 bits per heavy atom. The number of ether oxygens (including phenoxy) is 3. The second-order valence-electron chi connectivity index (χ2n) is 6.98. The van der Waals surface area contributed by atoms with E-state index in [1.807, 2.05) is 13.0 Å². The molecule has 3 aromatic rings. The van der Waals surface area contributed by atoms with E-state index in [-0.39, 0.29) is 47.9 Å². The SMILES string of the molecule is CCOC(=O)c1c(C)oc2nc(COC(=O)CCCOc3ccc(Cl)c(C)c3)nc(N)c12. The van der Waals surface area contributed by atoms with Gasteiger partial charge in [0.2, 0.25) is 5.71 Å². The molecule has 9 nitrogen and oxygen atoms in total. The summed E-state index contributed by atoms with van der Waals surface area (Å²) in [6.07, 6.45) is 0.639. The zero-order valence-electron chi connectivity index (χ0n) is 18.1. The number of nitrogen functional groups attached to an aromatic ring is 1. The summed E-state index contributed by atoms with van der Waals surface area (Å²) in [5, 5.41) is 0.953. The van der Waals surface area contributed by atoms with Crippen LogP contribution in [0.15, 0.2) is 22.6 Å². The predicted molar refractivity (Wildman–Crippen MR) is 118 cm³/mol. The molecule has 170 valence electrons. The number of aromatic nitrogens is 2. The van der Waals surface area contributed by atoms with Crippen LogP contribution in [0.5, 0.6) is 5.75 Å². The van der Waals surface area contributed by atoms with Gasteiger partial charge in [0, 0.05) is 11.4 Å². The minimum absolute atomic E-state index is 0.0487. The Balaban J connectivity index is 1.53. The van der Waals surface area contributed by atoms with E-state index < -0.39 is 11.9 Å². The first-order chi connectivity index (χ1) is 15.3. The first kappa shape index (κ1) is 23.3. The topological polar surface area (TPSA) is 127 Å². The van der Waals surface area contributed by atoms with Gasteiger partial charge in [-0.3, -0.25) is 4.79 Å².